The number of carbonyl (C=O) groups excluding carboxylic acids is 1. The Labute approximate surface area is 217 Å². The molecule has 0 aliphatic rings. The molecular formula is C28H25N7OS. The number of aromatic nitrogens is 6. The zero-order chi connectivity index (χ0) is 25.7. The molecule has 9 heteroatoms. The Morgan fingerprint density at radius 2 is 1.78 bits per heavy atom. The van der Waals surface area contributed by atoms with E-state index in [1.54, 1.807) is 29.9 Å². The molecule has 0 bridgehead atoms. The molecule has 0 radical (unpaired) electrons. The van der Waals surface area contributed by atoms with Gasteiger partial charge in [-0.2, -0.15) is 5.10 Å². The predicted octanol–water partition coefficient (Wildman–Crippen LogP) is 6.58. The van der Waals surface area contributed by atoms with Crippen molar-refractivity contribution >= 4 is 44.9 Å². The van der Waals surface area contributed by atoms with E-state index in [2.05, 4.69) is 60.6 Å². The third-order valence-corrected chi connectivity index (χ3v) is 7.21. The van der Waals surface area contributed by atoms with Gasteiger partial charge in [0.25, 0.3) is 0 Å². The number of aromatic amines is 2. The van der Waals surface area contributed by atoms with Crippen molar-refractivity contribution in [3.05, 3.63) is 66.1 Å². The summed E-state index contributed by atoms with van der Waals surface area (Å²) in [5.74, 6) is -0.0671. The molecule has 0 atom stereocenters. The summed E-state index contributed by atoms with van der Waals surface area (Å²) in [6.07, 6.45) is 7.02. The van der Waals surface area contributed by atoms with Crippen LogP contribution in [0.25, 0.3) is 55.0 Å². The number of amides is 1. The van der Waals surface area contributed by atoms with Gasteiger partial charge >= 0.3 is 0 Å². The van der Waals surface area contributed by atoms with E-state index in [9.17, 15) is 4.79 Å². The molecule has 6 aromatic rings. The van der Waals surface area contributed by atoms with Crippen molar-refractivity contribution < 1.29 is 4.79 Å². The molecule has 0 aliphatic heterocycles. The predicted molar refractivity (Wildman–Crippen MR) is 148 cm³/mol. The Balaban J connectivity index is 1.40. The highest BCUT2D eigenvalue weighted by Gasteiger charge is 2.21. The van der Waals surface area contributed by atoms with Crippen LogP contribution in [0.3, 0.4) is 0 Å². The van der Waals surface area contributed by atoms with E-state index in [-0.39, 0.29) is 5.91 Å². The van der Waals surface area contributed by atoms with Crippen LogP contribution in [0.15, 0.2) is 61.2 Å². The second kappa shape index (κ2) is 8.63. The van der Waals surface area contributed by atoms with Crippen molar-refractivity contribution in [2.45, 2.75) is 27.7 Å². The first-order valence-electron chi connectivity index (χ1n) is 11.9. The molecular weight excluding hydrogens is 482 g/mol. The van der Waals surface area contributed by atoms with Crippen LogP contribution in [0.4, 0.5) is 5.69 Å². The standard InChI is InChI=1S/C28H25N7OS/c1-15-5-6-23(37-15)25-19-11-22(33-21(19)7-8-30-25)24-20-10-17(13-31-26(20)35-34-24)16-9-18(14-29-12-16)32-27(36)28(2,3)4/h5-14,33H,1-4H3,(H,32,36)(H,31,34,35). The zero-order valence-corrected chi connectivity index (χ0v) is 21.7. The number of rotatable bonds is 4. The zero-order valence-electron chi connectivity index (χ0n) is 20.9. The minimum absolute atomic E-state index is 0.0671. The lowest BCUT2D eigenvalue weighted by atomic mass is 9.95. The molecule has 6 aromatic heterocycles. The van der Waals surface area contributed by atoms with Crippen LogP contribution in [0.5, 0.6) is 0 Å². The van der Waals surface area contributed by atoms with E-state index in [0.29, 0.717) is 11.3 Å². The minimum atomic E-state index is -0.501. The van der Waals surface area contributed by atoms with Crippen molar-refractivity contribution in [2.75, 3.05) is 5.32 Å². The first-order chi connectivity index (χ1) is 17.8. The molecule has 0 saturated carbocycles. The molecule has 184 valence electrons. The summed E-state index contributed by atoms with van der Waals surface area (Å²) in [6.45, 7) is 7.73. The van der Waals surface area contributed by atoms with Gasteiger partial charge in [-0.1, -0.05) is 20.8 Å². The highest BCUT2D eigenvalue weighted by atomic mass is 32.1. The van der Waals surface area contributed by atoms with E-state index in [4.69, 9.17) is 0 Å². The Bertz CT molecular complexity index is 1790. The highest BCUT2D eigenvalue weighted by molar-refractivity contribution is 7.15. The lowest BCUT2D eigenvalue weighted by molar-refractivity contribution is -0.123. The van der Waals surface area contributed by atoms with Gasteiger partial charge in [0.2, 0.25) is 5.91 Å². The van der Waals surface area contributed by atoms with E-state index in [0.717, 1.165) is 49.4 Å². The number of carbonyl (C=O) groups is 1. The molecule has 8 nitrogen and oxygen atoms in total. The maximum atomic E-state index is 12.4. The lowest BCUT2D eigenvalue weighted by Crippen LogP contribution is -2.27. The van der Waals surface area contributed by atoms with E-state index in [1.165, 1.54) is 4.88 Å². The van der Waals surface area contributed by atoms with Crippen LogP contribution in [0, 0.1) is 12.3 Å². The second-order valence-corrected chi connectivity index (χ2v) is 11.4. The molecule has 3 N–H and O–H groups in total. The number of aryl methyl sites for hydroxylation is 1. The molecule has 37 heavy (non-hydrogen) atoms. The van der Waals surface area contributed by atoms with E-state index in [1.807, 2.05) is 45.2 Å². The topological polar surface area (TPSA) is 112 Å². The number of thiophene rings is 1. The van der Waals surface area contributed by atoms with Gasteiger partial charge in [0.1, 0.15) is 5.69 Å². The second-order valence-electron chi connectivity index (χ2n) is 10.1. The van der Waals surface area contributed by atoms with Gasteiger partial charge in [-0.25, -0.2) is 4.98 Å². The first-order valence-corrected chi connectivity index (χ1v) is 12.7. The average Bonchev–Trinajstić information content (AvgIpc) is 3.60. The van der Waals surface area contributed by atoms with E-state index < -0.39 is 5.41 Å². The number of fused-ring (bicyclic) bond motifs is 2. The van der Waals surface area contributed by atoms with Gasteiger partial charge in [0.05, 0.1) is 28.1 Å². The molecule has 0 aromatic carbocycles. The third-order valence-electron chi connectivity index (χ3n) is 6.20. The maximum Gasteiger partial charge on any atom is 0.229 e. The molecule has 0 saturated heterocycles. The number of H-pyrrole nitrogens is 2. The van der Waals surface area contributed by atoms with Gasteiger partial charge in [-0.05, 0) is 43.3 Å². The van der Waals surface area contributed by atoms with E-state index >= 15 is 0 Å². The number of anilines is 1. The van der Waals surface area contributed by atoms with Crippen LogP contribution >= 0.6 is 11.3 Å². The summed E-state index contributed by atoms with van der Waals surface area (Å²) < 4.78 is 0. The van der Waals surface area contributed by atoms with Crippen LogP contribution in [0.2, 0.25) is 0 Å². The van der Waals surface area contributed by atoms with Crippen LogP contribution in [0.1, 0.15) is 25.6 Å². The molecule has 0 unspecified atom stereocenters. The summed E-state index contributed by atoms with van der Waals surface area (Å²) in [5.41, 5.74) is 6.17. The fourth-order valence-electron chi connectivity index (χ4n) is 4.19. The van der Waals surface area contributed by atoms with Crippen molar-refractivity contribution in [2.24, 2.45) is 5.41 Å². The number of nitrogens with zero attached hydrogens (tertiary/aromatic N) is 4. The van der Waals surface area contributed by atoms with Gasteiger partial charge in [0, 0.05) is 56.3 Å². The number of hydrogen-bond acceptors (Lipinski definition) is 6. The van der Waals surface area contributed by atoms with Crippen molar-refractivity contribution in [1.82, 2.24) is 30.1 Å². The van der Waals surface area contributed by atoms with Gasteiger partial charge in [0.15, 0.2) is 5.65 Å². The molecule has 1 amide bonds. The smallest absolute Gasteiger partial charge is 0.229 e. The summed E-state index contributed by atoms with van der Waals surface area (Å²) in [5, 5.41) is 12.5. The summed E-state index contributed by atoms with van der Waals surface area (Å²) >= 11 is 1.73. The number of hydrogen-bond donors (Lipinski definition) is 3. The average molecular weight is 508 g/mol. The van der Waals surface area contributed by atoms with Crippen LogP contribution in [-0.2, 0) is 4.79 Å². The summed E-state index contributed by atoms with van der Waals surface area (Å²) in [6, 6.07) is 12.2. The van der Waals surface area contributed by atoms with Gasteiger partial charge in [-0.3, -0.25) is 19.9 Å². The quantitative estimate of drug-likeness (QED) is 0.249. The molecule has 6 heterocycles. The Kier molecular flexibility index (Phi) is 5.38. The molecule has 0 spiro atoms. The van der Waals surface area contributed by atoms with Crippen molar-refractivity contribution in [1.29, 1.82) is 0 Å². The summed E-state index contributed by atoms with van der Waals surface area (Å²) in [4.78, 5) is 31.9. The molecule has 0 aliphatic carbocycles. The summed E-state index contributed by atoms with van der Waals surface area (Å²) in [7, 11) is 0. The normalized spacial score (nSPS) is 11.9. The van der Waals surface area contributed by atoms with Gasteiger partial charge in [-0.15, -0.1) is 11.3 Å². The minimum Gasteiger partial charge on any atom is -0.353 e. The van der Waals surface area contributed by atoms with Crippen molar-refractivity contribution in [3.63, 3.8) is 0 Å². The molecule has 6 rings (SSSR count). The fraction of sp³-hybridized carbons (Fsp3) is 0.179. The number of pyridine rings is 3. The largest absolute Gasteiger partial charge is 0.353 e. The molecule has 0 fully saturated rings. The maximum absolute atomic E-state index is 12.4. The Morgan fingerprint density at radius 3 is 2.57 bits per heavy atom. The highest BCUT2D eigenvalue weighted by Crippen LogP contribution is 2.36. The van der Waals surface area contributed by atoms with Gasteiger partial charge < -0.3 is 10.3 Å². The third kappa shape index (κ3) is 4.27. The Hall–Kier alpha value is -4.37. The van der Waals surface area contributed by atoms with Crippen molar-refractivity contribution in [3.8, 4) is 33.1 Å². The first kappa shape index (κ1) is 23.1. The number of nitrogens with one attached hydrogen (secondary N) is 3. The van der Waals surface area contributed by atoms with Crippen LogP contribution < -0.4 is 5.32 Å². The SMILES string of the molecule is Cc1ccc(-c2nccc3[nH]c(-c4n[nH]c5ncc(-c6cncc(NC(=O)C(C)(C)C)c6)cc45)cc23)s1. The fourth-order valence-corrected chi connectivity index (χ4v) is 5.07. The Morgan fingerprint density at radius 1 is 0.946 bits per heavy atom. The monoisotopic (exact) mass is 507 g/mol. The van der Waals surface area contributed by atoms with Crippen LogP contribution in [-0.4, -0.2) is 36.0 Å². The lowest BCUT2D eigenvalue weighted by Gasteiger charge is -2.17.